The van der Waals surface area contributed by atoms with Crippen LogP contribution in [0.1, 0.15) is 18.1 Å². The molecule has 0 radical (unpaired) electrons. The lowest BCUT2D eigenvalue weighted by molar-refractivity contribution is -0.127. The quantitative estimate of drug-likeness (QED) is 0.263. The van der Waals surface area contributed by atoms with Gasteiger partial charge in [0.1, 0.15) is 13.2 Å². The van der Waals surface area contributed by atoms with Gasteiger partial charge in [-0.05, 0) is 78.4 Å². The van der Waals surface area contributed by atoms with Gasteiger partial charge in [-0.2, -0.15) is 0 Å². The molecule has 196 valence electrons. The molecule has 3 amide bonds. The van der Waals surface area contributed by atoms with Crippen molar-refractivity contribution in [2.45, 2.75) is 13.5 Å². The molecule has 0 bridgehead atoms. The highest BCUT2D eigenvalue weighted by atomic mass is 35.5. The Labute approximate surface area is 238 Å². The highest BCUT2D eigenvalue weighted by molar-refractivity contribution is 8.18. The van der Waals surface area contributed by atoms with Crippen molar-refractivity contribution < 1.29 is 23.9 Å². The fourth-order valence-corrected chi connectivity index (χ4v) is 4.94. The molecular formula is C27H21Cl3N2O5S. The van der Waals surface area contributed by atoms with Crippen LogP contribution in [0.15, 0.2) is 65.6 Å². The van der Waals surface area contributed by atoms with Gasteiger partial charge in [0.2, 0.25) is 5.91 Å². The first-order valence-electron chi connectivity index (χ1n) is 11.4. The summed E-state index contributed by atoms with van der Waals surface area (Å²) in [7, 11) is 0. The fourth-order valence-electron chi connectivity index (χ4n) is 3.51. The van der Waals surface area contributed by atoms with Crippen LogP contribution in [0.5, 0.6) is 11.5 Å². The SMILES string of the molecule is CCOc1cc(/C=C2/SC(=O)N(CC(=O)Nc3cccc(Cl)c3)C2=O)cc(Cl)c1OCc1ccc(Cl)cc1. The first kappa shape index (κ1) is 27.9. The van der Waals surface area contributed by atoms with Gasteiger partial charge in [0, 0.05) is 15.7 Å². The molecule has 0 aliphatic carbocycles. The van der Waals surface area contributed by atoms with Gasteiger partial charge in [-0.3, -0.25) is 19.3 Å². The minimum atomic E-state index is -0.585. The van der Waals surface area contributed by atoms with E-state index in [0.717, 1.165) is 22.2 Å². The Morgan fingerprint density at radius 3 is 2.47 bits per heavy atom. The third kappa shape index (κ3) is 7.02. The second-order valence-corrected chi connectivity index (χ2v) is 10.3. The molecule has 0 aromatic heterocycles. The Morgan fingerprint density at radius 2 is 1.76 bits per heavy atom. The van der Waals surface area contributed by atoms with Crippen molar-refractivity contribution in [3.05, 3.63) is 91.8 Å². The van der Waals surface area contributed by atoms with E-state index in [-0.39, 0.29) is 16.5 Å². The second kappa shape index (κ2) is 12.6. The zero-order chi connectivity index (χ0) is 27.2. The number of hydrogen-bond acceptors (Lipinski definition) is 6. The van der Waals surface area contributed by atoms with Crippen molar-refractivity contribution in [2.24, 2.45) is 0 Å². The van der Waals surface area contributed by atoms with Crippen LogP contribution in [0, 0.1) is 0 Å². The van der Waals surface area contributed by atoms with Gasteiger partial charge in [-0.15, -0.1) is 0 Å². The summed E-state index contributed by atoms with van der Waals surface area (Å²) in [5.41, 5.74) is 1.89. The van der Waals surface area contributed by atoms with Crippen LogP contribution >= 0.6 is 46.6 Å². The van der Waals surface area contributed by atoms with Gasteiger partial charge in [-0.25, -0.2) is 0 Å². The van der Waals surface area contributed by atoms with Crippen LogP contribution in [0.2, 0.25) is 15.1 Å². The number of hydrogen-bond donors (Lipinski definition) is 1. The predicted octanol–water partition coefficient (Wildman–Crippen LogP) is 7.30. The molecule has 0 atom stereocenters. The van der Waals surface area contributed by atoms with E-state index in [0.29, 0.717) is 39.4 Å². The molecule has 7 nitrogen and oxygen atoms in total. The number of halogens is 3. The molecule has 0 saturated carbocycles. The van der Waals surface area contributed by atoms with Crippen molar-refractivity contribution in [1.29, 1.82) is 0 Å². The lowest BCUT2D eigenvalue weighted by atomic mass is 10.1. The van der Waals surface area contributed by atoms with Crippen molar-refractivity contribution in [2.75, 3.05) is 18.5 Å². The maximum atomic E-state index is 12.9. The van der Waals surface area contributed by atoms with E-state index in [2.05, 4.69) is 5.32 Å². The van der Waals surface area contributed by atoms with E-state index in [1.807, 2.05) is 19.1 Å². The number of nitrogens with one attached hydrogen (secondary N) is 1. The average Bonchev–Trinajstić information content (AvgIpc) is 3.12. The molecule has 3 aromatic rings. The normalized spacial score (nSPS) is 14.2. The highest BCUT2D eigenvalue weighted by Gasteiger charge is 2.36. The Balaban J connectivity index is 1.48. The largest absolute Gasteiger partial charge is 0.490 e. The smallest absolute Gasteiger partial charge is 0.294 e. The van der Waals surface area contributed by atoms with E-state index >= 15 is 0 Å². The summed E-state index contributed by atoms with van der Waals surface area (Å²) in [4.78, 5) is 38.9. The second-order valence-electron chi connectivity index (χ2n) is 8.00. The molecule has 1 aliphatic rings. The molecular weight excluding hydrogens is 571 g/mol. The number of anilines is 1. The predicted molar refractivity (Wildman–Crippen MR) is 151 cm³/mol. The number of amides is 3. The first-order chi connectivity index (χ1) is 18.2. The maximum Gasteiger partial charge on any atom is 0.294 e. The van der Waals surface area contributed by atoms with Crippen LogP contribution in [0.4, 0.5) is 10.5 Å². The number of nitrogens with zero attached hydrogens (tertiary/aromatic N) is 1. The van der Waals surface area contributed by atoms with E-state index in [1.165, 1.54) is 6.08 Å². The van der Waals surface area contributed by atoms with Crippen molar-refractivity contribution in [1.82, 2.24) is 4.90 Å². The summed E-state index contributed by atoms with van der Waals surface area (Å²) in [6.45, 7) is 1.99. The van der Waals surface area contributed by atoms with Crippen molar-refractivity contribution in [3.63, 3.8) is 0 Å². The van der Waals surface area contributed by atoms with Crippen LogP contribution in [-0.2, 0) is 16.2 Å². The van der Waals surface area contributed by atoms with E-state index < -0.39 is 23.6 Å². The molecule has 0 unspecified atom stereocenters. The molecule has 11 heteroatoms. The van der Waals surface area contributed by atoms with Crippen molar-refractivity contribution in [3.8, 4) is 11.5 Å². The molecule has 3 aromatic carbocycles. The summed E-state index contributed by atoms with van der Waals surface area (Å²) in [5.74, 6) is -0.371. The maximum absolute atomic E-state index is 12.9. The number of carbonyl (C=O) groups is 3. The summed E-state index contributed by atoms with van der Waals surface area (Å²) < 4.78 is 11.6. The Kier molecular flexibility index (Phi) is 9.22. The van der Waals surface area contributed by atoms with Crippen molar-refractivity contribution >= 4 is 75.4 Å². The van der Waals surface area contributed by atoms with Gasteiger partial charge >= 0.3 is 0 Å². The molecule has 0 spiro atoms. The monoisotopic (exact) mass is 590 g/mol. The summed E-state index contributed by atoms with van der Waals surface area (Å²) in [5, 5.41) is 3.41. The lowest BCUT2D eigenvalue weighted by Gasteiger charge is -2.15. The van der Waals surface area contributed by atoms with Gasteiger partial charge in [0.15, 0.2) is 11.5 Å². The number of benzene rings is 3. The summed E-state index contributed by atoms with van der Waals surface area (Å²) in [6.07, 6.45) is 1.52. The standard InChI is InChI=1S/C27H21Cl3N2O5S/c1-2-36-22-11-17(10-21(30)25(22)37-15-16-6-8-18(28)9-7-16)12-23-26(34)32(27(35)38-23)14-24(33)31-20-5-3-4-19(29)13-20/h3-13H,2,14-15H2,1H3,(H,31,33)/b23-12+. The topological polar surface area (TPSA) is 84.9 Å². The summed E-state index contributed by atoms with van der Waals surface area (Å²) in [6, 6.07) is 17.1. The van der Waals surface area contributed by atoms with E-state index in [4.69, 9.17) is 44.3 Å². The summed E-state index contributed by atoms with van der Waals surface area (Å²) >= 11 is 19.1. The minimum absolute atomic E-state index is 0.152. The minimum Gasteiger partial charge on any atom is -0.490 e. The third-order valence-corrected chi connectivity index (χ3v) is 6.88. The average molecular weight is 592 g/mol. The number of thioether (sulfide) groups is 1. The highest BCUT2D eigenvalue weighted by Crippen LogP contribution is 2.39. The molecule has 4 rings (SSSR count). The third-order valence-electron chi connectivity index (χ3n) is 5.21. The number of carbonyl (C=O) groups excluding carboxylic acids is 3. The Morgan fingerprint density at radius 1 is 1.00 bits per heavy atom. The zero-order valence-corrected chi connectivity index (χ0v) is 23.1. The Bertz CT molecular complexity index is 1410. The van der Waals surface area contributed by atoms with Gasteiger partial charge in [0.05, 0.1) is 16.5 Å². The van der Waals surface area contributed by atoms with Crippen LogP contribution in [0.25, 0.3) is 6.08 Å². The van der Waals surface area contributed by atoms with E-state index in [9.17, 15) is 14.4 Å². The molecule has 1 fully saturated rings. The van der Waals surface area contributed by atoms with Gasteiger partial charge in [0.25, 0.3) is 11.1 Å². The Hall–Kier alpha value is -3.17. The van der Waals surface area contributed by atoms with Crippen LogP contribution in [0.3, 0.4) is 0 Å². The number of ether oxygens (including phenoxy) is 2. The molecule has 1 heterocycles. The first-order valence-corrected chi connectivity index (χ1v) is 13.3. The lowest BCUT2D eigenvalue weighted by Crippen LogP contribution is -2.36. The van der Waals surface area contributed by atoms with E-state index in [1.54, 1.807) is 48.5 Å². The number of imide groups is 1. The molecule has 1 saturated heterocycles. The van der Waals surface area contributed by atoms with Crippen LogP contribution in [-0.4, -0.2) is 35.1 Å². The number of rotatable bonds is 9. The zero-order valence-electron chi connectivity index (χ0n) is 20.0. The molecule has 38 heavy (non-hydrogen) atoms. The van der Waals surface area contributed by atoms with Gasteiger partial charge in [-0.1, -0.05) is 53.0 Å². The van der Waals surface area contributed by atoms with Gasteiger partial charge < -0.3 is 14.8 Å². The molecule has 1 N–H and O–H groups in total. The fraction of sp³-hybridized carbons (Fsp3) is 0.148. The van der Waals surface area contributed by atoms with Crippen LogP contribution < -0.4 is 14.8 Å². The molecule has 1 aliphatic heterocycles.